The van der Waals surface area contributed by atoms with Crippen LogP contribution in [0.15, 0.2) is 48.5 Å². The zero-order chi connectivity index (χ0) is 23.8. The largest absolute Gasteiger partial charge is 0.480 e. The summed E-state index contributed by atoms with van der Waals surface area (Å²) in [6.07, 6.45) is -0.660. The molecule has 0 fully saturated rings. The van der Waals surface area contributed by atoms with Gasteiger partial charge in [-0.05, 0) is 22.3 Å². The van der Waals surface area contributed by atoms with Crippen molar-refractivity contribution in [2.75, 3.05) is 40.0 Å². The first-order chi connectivity index (χ1) is 16.0. The lowest BCUT2D eigenvalue weighted by atomic mass is 9.98. The molecule has 176 valence electrons. The molecule has 1 unspecified atom stereocenters. The molecule has 2 amide bonds. The zero-order valence-electron chi connectivity index (χ0n) is 18.4. The van der Waals surface area contributed by atoms with Crippen LogP contribution in [-0.2, 0) is 19.1 Å². The molecule has 1 aliphatic carbocycles. The number of nitrogens with one attached hydrogen (secondary N) is 1. The van der Waals surface area contributed by atoms with Crippen LogP contribution in [0.2, 0.25) is 0 Å². The van der Waals surface area contributed by atoms with E-state index in [1.54, 1.807) is 0 Å². The molecule has 0 saturated carbocycles. The Morgan fingerprint density at radius 1 is 1.06 bits per heavy atom. The van der Waals surface area contributed by atoms with Crippen LogP contribution in [0.1, 0.15) is 23.5 Å². The van der Waals surface area contributed by atoms with E-state index in [4.69, 9.17) is 14.6 Å². The number of hydrogen-bond acceptors (Lipinski definition) is 6. The monoisotopic (exact) mass is 456 g/mol. The van der Waals surface area contributed by atoms with Crippen LogP contribution in [0, 0.1) is 0 Å². The Hall–Kier alpha value is -3.43. The van der Waals surface area contributed by atoms with Gasteiger partial charge in [-0.15, -0.1) is 0 Å². The highest BCUT2D eigenvalue weighted by Gasteiger charge is 2.31. The lowest BCUT2D eigenvalue weighted by Crippen LogP contribution is -2.51. The molecular weight excluding hydrogens is 428 g/mol. The summed E-state index contributed by atoms with van der Waals surface area (Å²) in [6.45, 7) is -0.905. The van der Waals surface area contributed by atoms with Crippen LogP contribution in [0.25, 0.3) is 11.1 Å². The van der Waals surface area contributed by atoms with Gasteiger partial charge >= 0.3 is 12.1 Å². The summed E-state index contributed by atoms with van der Waals surface area (Å²) in [5.41, 5.74) is 4.33. The maximum absolute atomic E-state index is 12.8. The Balaban J connectivity index is 1.68. The smallest absolute Gasteiger partial charge is 0.407 e. The number of aliphatic hydroxyl groups excluding tert-OH is 1. The number of benzene rings is 2. The predicted molar refractivity (Wildman–Crippen MR) is 120 cm³/mol. The molecular formula is C24H28N2O7. The third-order valence-corrected chi connectivity index (χ3v) is 5.55. The normalized spacial score (nSPS) is 13.0. The Bertz CT molecular complexity index is 949. The van der Waals surface area contributed by atoms with Gasteiger partial charge < -0.3 is 29.9 Å². The van der Waals surface area contributed by atoms with Crippen LogP contribution in [0.5, 0.6) is 0 Å². The third-order valence-electron chi connectivity index (χ3n) is 5.55. The second-order valence-electron chi connectivity index (χ2n) is 7.68. The third kappa shape index (κ3) is 5.88. The highest BCUT2D eigenvalue weighted by atomic mass is 16.5. The minimum Gasteiger partial charge on any atom is -0.480 e. The number of carbonyl (C=O) groups is 3. The average molecular weight is 456 g/mol. The Labute approximate surface area is 191 Å². The van der Waals surface area contributed by atoms with Crippen LogP contribution < -0.4 is 5.32 Å². The van der Waals surface area contributed by atoms with E-state index in [2.05, 4.69) is 5.32 Å². The fourth-order valence-electron chi connectivity index (χ4n) is 4.05. The molecule has 0 saturated heterocycles. The van der Waals surface area contributed by atoms with E-state index in [1.165, 1.54) is 7.11 Å². The van der Waals surface area contributed by atoms with Crippen molar-refractivity contribution in [3.63, 3.8) is 0 Å². The lowest BCUT2D eigenvalue weighted by molar-refractivity contribution is -0.145. The molecule has 2 aromatic rings. The summed E-state index contributed by atoms with van der Waals surface area (Å²) in [5, 5.41) is 20.8. The summed E-state index contributed by atoms with van der Waals surface area (Å²) >= 11 is 0. The number of carbonyl (C=O) groups excluding carboxylic acids is 2. The number of amides is 2. The van der Waals surface area contributed by atoms with Crippen molar-refractivity contribution in [3.05, 3.63) is 59.7 Å². The second-order valence-corrected chi connectivity index (χ2v) is 7.68. The van der Waals surface area contributed by atoms with Gasteiger partial charge in [-0.25, -0.2) is 4.79 Å². The standard InChI is InChI=1S/C24H28N2O7/c1-32-13-10-21(23(30)26(11-12-27)14-22(28)29)25-24(31)33-15-20-18-8-4-2-6-16(18)17-7-3-5-9-19(17)20/h2-9,20-21,27H,10-15H2,1H3,(H,25,31)(H,28,29). The molecule has 3 rings (SSSR count). The Kier molecular flexibility index (Phi) is 8.39. The van der Waals surface area contributed by atoms with Crippen molar-refractivity contribution >= 4 is 18.0 Å². The van der Waals surface area contributed by atoms with Gasteiger partial charge in [-0.3, -0.25) is 9.59 Å². The Morgan fingerprint density at radius 2 is 1.67 bits per heavy atom. The quantitative estimate of drug-likeness (QED) is 0.471. The number of rotatable bonds is 11. The molecule has 0 aliphatic heterocycles. The predicted octanol–water partition coefficient (Wildman–Crippen LogP) is 1.84. The van der Waals surface area contributed by atoms with E-state index in [9.17, 15) is 19.5 Å². The molecule has 0 bridgehead atoms. The molecule has 9 heteroatoms. The topological polar surface area (TPSA) is 125 Å². The lowest BCUT2D eigenvalue weighted by Gasteiger charge is -2.26. The van der Waals surface area contributed by atoms with Gasteiger partial charge in [0.25, 0.3) is 0 Å². The number of methoxy groups -OCH3 is 1. The summed E-state index contributed by atoms with van der Waals surface area (Å²) in [4.78, 5) is 37.5. The number of ether oxygens (including phenoxy) is 2. The highest BCUT2D eigenvalue weighted by Crippen LogP contribution is 2.44. The van der Waals surface area contributed by atoms with E-state index in [-0.39, 0.29) is 32.1 Å². The molecule has 33 heavy (non-hydrogen) atoms. The Morgan fingerprint density at radius 3 is 2.21 bits per heavy atom. The van der Waals surface area contributed by atoms with Gasteiger partial charge in [0.15, 0.2) is 0 Å². The van der Waals surface area contributed by atoms with Gasteiger partial charge in [-0.2, -0.15) is 0 Å². The van der Waals surface area contributed by atoms with E-state index < -0.39 is 37.2 Å². The fraction of sp³-hybridized carbons (Fsp3) is 0.375. The van der Waals surface area contributed by atoms with Crippen molar-refractivity contribution in [1.29, 1.82) is 0 Å². The van der Waals surface area contributed by atoms with Crippen LogP contribution >= 0.6 is 0 Å². The molecule has 0 heterocycles. The minimum absolute atomic E-state index is 0.0839. The van der Waals surface area contributed by atoms with Gasteiger partial charge in [-0.1, -0.05) is 48.5 Å². The fourth-order valence-corrected chi connectivity index (χ4v) is 4.05. The number of hydrogen-bond donors (Lipinski definition) is 3. The number of aliphatic hydroxyl groups is 1. The zero-order valence-corrected chi connectivity index (χ0v) is 18.4. The van der Waals surface area contributed by atoms with Crippen LogP contribution in [0.3, 0.4) is 0 Å². The first-order valence-electron chi connectivity index (χ1n) is 10.7. The average Bonchev–Trinajstić information content (AvgIpc) is 3.13. The summed E-state index contributed by atoms with van der Waals surface area (Å²) in [7, 11) is 1.46. The molecule has 1 atom stereocenters. The molecule has 0 aromatic heterocycles. The molecule has 3 N–H and O–H groups in total. The van der Waals surface area contributed by atoms with Crippen molar-refractivity contribution < 1.29 is 34.1 Å². The van der Waals surface area contributed by atoms with E-state index in [0.29, 0.717) is 0 Å². The van der Waals surface area contributed by atoms with Crippen molar-refractivity contribution in [1.82, 2.24) is 10.2 Å². The van der Waals surface area contributed by atoms with Crippen molar-refractivity contribution in [3.8, 4) is 11.1 Å². The minimum atomic E-state index is -1.22. The van der Waals surface area contributed by atoms with Crippen LogP contribution in [-0.4, -0.2) is 79.1 Å². The van der Waals surface area contributed by atoms with E-state index >= 15 is 0 Å². The van der Waals surface area contributed by atoms with E-state index in [1.807, 2.05) is 48.5 Å². The number of aliphatic carboxylic acids is 1. The second kappa shape index (κ2) is 11.4. The number of nitrogens with zero attached hydrogens (tertiary/aromatic N) is 1. The molecule has 1 aliphatic rings. The number of alkyl carbamates (subject to hydrolysis) is 1. The number of fused-ring (bicyclic) bond motifs is 3. The van der Waals surface area contributed by atoms with Crippen molar-refractivity contribution in [2.24, 2.45) is 0 Å². The van der Waals surface area contributed by atoms with Gasteiger partial charge in [0, 0.05) is 32.6 Å². The maximum atomic E-state index is 12.8. The van der Waals surface area contributed by atoms with Gasteiger partial charge in [0.05, 0.1) is 6.61 Å². The molecule has 9 nitrogen and oxygen atoms in total. The molecule has 2 aromatic carbocycles. The molecule has 0 spiro atoms. The highest BCUT2D eigenvalue weighted by molar-refractivity contribution is 5.88. The summed E-state index contributed by atoms with van der Waals surface area (Å²) < 4.78 is 10.5. The first-order valence-corrected chi connectivity index (χ1v) is 10.7. The number of carboxylic acid groups (broad SMARTS) is 1. The van der Waals surface area contributed by atoms with E-state index in [0.717, 1.165) is 27.2 Å². The first kappa shape index (κ1) is 24.2. The van der Waals surface area contributed by atoms with Gasteiger partial charge in [0.1, 0.15) is 19.2 Å². The summed E-state index contributed by atoms with van der Waals surface area (Å²) in [5.74, 6) is -1.98. The number of carboxylic acids is 1. The molecule has 0 radical (unpaired) electrons. The SMILES string of the molecule is COCCC(NC(=O)OCC1c2ccccc2-c2ccccc21)C(=O)N(CCO)CC(=O)O. The van der Waals surface area contributed by atoms with Crippen LogP contribution in [0.4, 0.5) is 4.79 Å². The van der Waals surface area contributed by atoms with Gasteiger partial charge in [0.2, 0.25) is 5.91 Å². The van der Waals surface area contributed by atoms with Crippen molar-refractivity contribution in [2.45, 2.75) is 18.4 Å². The summed E-state index contributed by atoms with van der Waals surface area (Å²) in [6, 6.07) is 14.8. The maximum Gasteiger partial charge on any atom is 0.407 e.